The zero-order chi connectivity index (χ0) is 14.8. The van der Waals surface area contributed by atoms with Gasteiger partial charge in [-0.05, 0) is 18.9 Å². The molecule has 3 rings (SSSR count). The molecule has 5 nitrogen and oxygen atoms in total. The number of carboxylic acid groups (broad SMARTS) is 1. The van der Waals surface area contributed by atoms with Crippen molar-refractivity contribution in [1.82, 2.24) is 14.8 Å². The van der Waals surface area contributed by atoms with Gasteiger partial charge < -0.3 is 5.11 Å². The molecule has 0 amide bonds. The number of benzene rings is 1. The molecule has 0 radical (unpaired) electrons. The van der Waals surface area contributed by atoms with Crippen LogP contribution in [0.15, 0.2) is 24.3 Å². The Hall–Kier alpha value is -2.17. The van der Waals surface area contributed by atoms with E-state index in [0.29, 0.717) is 17.3 Å². The quantitative estimate of drug-likeness (QED) is 0.940. The Labute approximate surface area is 123 Å². The van der Waals surface area contributed by atoms with Gasteiger partial charge in [-0.3, -0.25) is 0 Å². The lowest BCUT2D eigenvalue weighted by Gasteiger charge is -2.18. The van der Waals surface area contributed by atoms with Crippen molar-refractivity contribution >= 4 is 5.97 Å². The first kappa shape index (κ1) is 13.8. The van der Waals surface area contributed by atoms with E-state index >= 15 is 0 Å². The van der Waals surface area contributed by atoms with E-state index < -0.39 is 5.97 Å². The van der Waals surface area contributed by atoms with Crippen LogP contribution in [0.25, 0.3) is 11.4 Å². The highest BCUT2D eigenvalue weighted by atomic mass is 16.4. The topological polar surface area (TPSA) is 68.0 Å². The molecule has 1 saturated carbocycles. The van der Waals surface area contributed by atoms with Crippen molar-refractivity contribution in [3.63, 3.8) is 0 Å². The van der Waals surface area contributed by atoms with Gasteiger partial charge in [0.25, 0.3) is 0 Å². The smallest absolute Gasteiger partial charge is 0.336 e. The van der Waals surface area contributed by atoms with Crippen molar-refractivity contribution in [2.45, 2.75) is 38.0 Å². The van der Waals surface area contributed by atoms with Crippen molar-refractivity contribution in [2.24, 2.45) is 7.05 Å². The average molecular weight is 285 g/mol. The molecule has 0 atom stereocenters. The minimum Gasteiger partial charge on any atom is -0.478 e. The average Bonchev–Trinajstić information content (AvgIpc) is 2.90. The molecule has 1 aromatic heterocycles. The highest BCUT2D eigenvalue weighted by Gasteiger charge is 2.22. The first-order chi connectivity index (χ1) is 10.2. The standard InChI is InChI=1S/C16H19N3O2/c1-19-15(12-9-5-6-10-13(12)16(20)21)17-14(18-19)11-7-3-2-4-8-11/h5-6,9-11H,2-4,7-8H2,1H3,(H,20,21). The van der Waals surface area contributed by atoms with Gasteiger partial charge in [0.2, 0.25) is 0 Å². The number of rotatable bonds is 3. The van der Waals surface area contributed by atoms with Crippen LogP contribution in [-0.2, 0) is 7.05 Å². The lowest BCUT2D eigenvalue weighted by molar-refractivity contribution is 0.0697. The predicted molar refractivity (Wildman–Crippen MR) is 79.2 cm³/mol. The van der Waals surface area contributed by atoms with Gasteiger partial charge in [-0.15, -0.1) is 0 Å². The highest BCUT2D eigenvalue weighted by Crippen LogP contribution is 2.32. The second-order valence-corrected chi connectivity index (χ2v) is 5.60. The molecule has 1 aliphatic rings. The van der Waals surface area contributed by atoms with Crippen molar-refractivity contribution in [2.75, 3.05) is 0 Å². The van der Waals surface area contributed by atoms with E-state index in [2.05, 4.69) is 10.1 Å². The summed E-state index contributed by atoms with van der Waals surface area (Å²) in [6.45, 7) is 0. The third-order valence-electron chi connectivity index (χ3n) is 4.15. The van der Waals surface area contributed by atoms with Crippen LogP contribution in [0.2, 0.25) is 0 Å². The Bertz CT molecular complexity index is 657. The number of carbonyl (C=O) groups is 1. The molecule has 1 aromatic carbocycles. The second-order valence-electron chi connectivity index (χ2n) is 5.60. The second kappa shape index (κ2) is 5.68. The van der Waals surface area contributed by atoms with Gasteiger partial charge >= 0.3 is 5.97 Å². The van der Waals surface area contributed by atoms with Gasteiger partial charge in [0.1, 0.15) is 0 Å². The molecule has 5 heteroatoms. The van der Waals surface area contributed by atoms with Crippen LogP contribution >= 0.6 is 0 Å². The van der Waals surface area contributed by atoms with E-state index in [1.165, 1.54) is 19.3 Å². The first-order valence-electron chi connectivity index (χ1n) is 7.40. The maximum atomic E-state index is 11.4. The number of hydrogen-bond acceptors (Lipinski definition) is 3. The summed E-state index contributed by atoms with van der Waals surface area (Å²) < 4.78 is 1.70. The van der Waals surface area contributed by atoms with Crippen LogP contribution in [-0.4, -0.2) is 25.8 Å². The van der Waals surface area contributed by atoms with Crippen molar-refractivity contribution in [1.29, 1.82) is 0 Å². The molecule has 21 heavy (non-hydrogen) atoms. The zero-order valence-electron chi connectivity index (χ0n) is 12.1. The Balaban J connectivity index is 2.00. The Morgan fingerprint density at radius 1 is 1.24 bits per heavy atom. The van der Waals surface area contributed by atoms with Crippen molar-refractivity contribution in [3.8, 4) is 11.4 Å². The van der Waals surface area contributed by atoms with Gasteiger partial charge in [0.05, 0.1) is 5.56 Å². The number of aryl methyl sites for hydroxylation is 1. The van der Waals surface area contributed by atoms with E-state index in [0.717, 1.165) is 18.7 Å². The molecule has 0 spiro atoms. The SMILES string of the molecule is Cn1nc(C2CCCCC2)nc1-c1ccccc1C(=O)O. The molecule has 1 heterocycles. The van der Waals surface area contributed by atoms with E-state index in [-0.39, 0.29) is 5.56 Å². The minimum absolute atomic E-state index is 0.267. The lowest BCUT2D eigenvalue weighted by atomic mass is 9.89. The fourth-order valence-corrected chi connectivity index (χ4v) is 3.04. The maximum Gasteiger partial charge on any atom is 0.336 e. The fourth-order valence-electron chi connectivity index (χ4n) is 3.04. The zero-order valence-corrected chi connectivity index (χ0v) is 12.1. The van der Waals surface area contributed by atoms with Gasteiger partial charge in [0, 0.05) is 18.5 Å². The number of carboxylic acids is 1. The summed E-state index contributed by atoms with van der Waals surface area (Å²) in [5.41, 5.74) is 0.894. The number of hydrogen-bond donors (Lipinski definition) is 1. The summed E-state index contributed by atoms with van der Waals surface area (Å²) in [6, 6.07) is 6.95. The molecule has 1 aliphatic carbocycles. The minimum atomic E-state index is -0.937. The van der Waals surface area contributed by atoms with E-state index in [4.69, 9.17) is 0 Å². The summed E-state index contributed by atoms with van der Waals surface area (Å²) in [5.74, 6) is 0.962. The summed E-state index contributed by atoms with van der Waals surface area (Å²) in [5, 5.41) is 13.8. The first-order valence-corrected chi connectivity index (χ1v) is 7.40. The lowest BCUT2D eigenvalue weighted by Crippen LogP contribution is -2.06. The number of aromatic carboxylic acids is 1. The van der Waals surface area contributed by atoms with E-state index in [1.807, 2.05) is 13.1 Å². The van der Waals surface area contributed by atoms with E-state index in [9.17, 15) is 9.90 Å². The maximum absolute atomic E-state index is 11.4. The van der Waals surface area contributed by atoms with Gasteiger partial charge in [0.15, 0.2) is 11.6 Å². The highest BCUT2D eigenvalue weighted by molar-refractivity contribution is 5.94. The molecule has 0 saturated heterocycles. The van der Waals surface area contributed by atoms with Gasteiger partial charge in [-0.1, -0.05) is 37.5 Å². The summed E-state index contributed by atoms with van der Waals surface area (Å²) in [4.78, 5) is 16.0. The molecule has 0 bridgehead atoms. The van der Waals surface area contributed by atoms with Crippen LogP contribution in [0.4, 0.5) is 0 Å². The van der Waals surface area contributed by atoms with Crippen LogP contribution < -0.4 is 0 Å². The Kier molecular flexibility index (Phi) is 3.73. The molecular weight excluding hydrogens is 266 g/mol. The molecular formula is C16H19N3O2. The summed E-state index contributed by atoms with van der Waals surface area (Å²) in [7, 11) is 1.83. The molecule has 1 N–H and O–H groups in total. The largest absolute Gasteiger partial charge is 0.478 e. The van der Waals surface area contributed by atoms with Crippen molar-refractivity contribution < 1.29 is 9.90 Å². The van der Waals surface area contributed by atoms with Crippen LogP contribution in [0.5, 0.6) is 0 Å². The molecule has 0 aliphatic heterocycles. The monoisotopic (exact) mass is 285 g/mol. The Morgan fingerprint density at radius 2 is 1.95 bits per heavy atom. The number of nitrogens with zero attached hydrogens (tertiary/aromatic N) is 3. The fraction of sp³-hybridized carbons (Fsp3) is 0.438. The van der Waals surface area contributed by atoms with Gasteiger partial charge in [-0.2, -0.15) is 5.10 Å². The van der Waals surface area contributed by atoms with Crippen LogP contribution in [0.1, 0.15) is 54.2 Å². The molecule has 110 valence electrons. The van der Waals surface area contributed by atoms with Crippen LogP contribution in [0, 0.1) is 0 Å². The Morgan fingerprint density at radius 3 is 2.67 bits per heavy atom. The van der Waals surface area contributed by atoms with Crippen LogP contribution in [0.3, 0.4) is 0 Å². The normalized spacial score (nSPS) is 16.0. The van der Waals surface area contributed by atoms with E-state index in [1.54, 1.807) is 22.9 Å². The molecule has 2 aromatic rings. The molecule has 0 unspecified atom stereocenters. The third kappa shape index (κ3) is 2.68. The van der Waals surface area contributed by atoms with Gasteiger partial charge in [-0.25, -0.2) is 14.5 Å². The summed E-state index contributed by atoms with van der Waals surface area (Å²) in [6.07, 6.45) is 6.00. The number of aromatic nitrogens is 3. The predicted octanol–water partition coefficient (Wildman–Crippen LogP) is 3.23. The molecule has 1 fully saturated rings. The van der Waals surface area contributed by atoms with Crippen molar-refractivity contribution in [3.05, 3.63) is 35.7 Å². The summed E-state index contributed by atoms with van der Waals surface area (Å²) >= 11 is 0. The third-order valence-corrected chi connectivity index (χ3v) is 4.15.